The van der Waals surface area contributed by atoms with E-state index in [0.29, 0.717) is 28.1 Å². The molecule has 134 valence electrons. The number of nitrogens with one attached hydrogen (secondary N) is 1. The standard InChI is InChI=1S/C18H15F2N3O3/c1-10(16-22-12-4-2-3-5-13(12)23(16)18(19)20)21-17(24)11-6-7-14-15(8-11)26-9-25-14/h2-8,10,18H,9H2,1H3,(H,21,24)/t10-/m1/s1. The van der Waals surface area contributed by atoms with Gasteiger partial charge in [0.05, 0.1) is 17.1 Å². The maximum absolute atomic E-state index is 13.5. The van der Waals surface area contributed by atoms with Crippen LogP contribution in [0.5, 0.6) is 11.5 Å². The highest BCUT2D eigenvalue weighted by molar-refractivity contribution is 5.95. The average molecular weight is 359 g/mol. The van der Waals surface area contributed by atoms with Crippen molar-refractivity contribution in [2.75, 3.05) is 6.79 Å². The molecule has 4 rings (SSSR count). The summed E-state index contributed by atoms with van der Waals surface area (Å²) < 4.78 is 38.4. The molecule has 2 heterocycles. The molecule has 1 atom stereocenters. The summed E-state index contributed by atoms with van der Waals surface area (Å²) in [5.41, 5.74) is 1.12. The molecule has 0 aliphatic carbocycles. The first kappa shape index (κ1) is 16.3. The normalized spacial score (nSPS) is 14.0. The molecule has 0 unspecified atom stereocenters. The zero-order valence-electron chi connectivity index (χ0n) is 13.8. The number of nitrogens with zero attached hydrogens (tertiary/aromatic N) is 2. The number of carbonyl (C=O) groups is 1. The largest absolute Gasteiger partial charge is 0.454 e. The Morgan fingerprint density at radius 1 is 1.19 bits per heavy atom. The number of hydrogen-bond acceptors (Lipinski definition) is 4. The molecular weight excluding hydrogens is 344 g/mol. The second kappa shape index (κ2) is 6.29. The van der Waals surface area contributed by atoms with Crippen LogP contribution in [0.1, 0.15) is 35.7 Å². The number of halogens is 2. The van der Waals surface area contributed by atoms with Gasteiger partial charge in [-0.3, -0.25) is 9.36 Å². The van der Waals surface area contributed by atoms with Crippen LogP contribution in [0, 0.1) is 0 Å². The maximum atomic E-state index is 13.5. The fraction of sp³-hybridized carbons (Fsp3) is 0.222. The van der Waals surface area contributed by atoms with Gasteiger partial charge in [0.2, 0.25) is 6.79 Å². The van der Waals surface area contributed by atoms with E-state index >= 15 is 0 Å². The van der Waals surface area contributed by atoms with Gasteiger partial charge in [0, 0.05) is 5.56 Å². The quantitative estimate of drug-likeness (QED) is 0.772. The molecule has 1 aromatic heterocycles. The van der Waals surface area contributed by atoms with Crippen LogP contribution >= 0.6 is 0 Å². The number of carbonyl (C=O) groups excluding carboxylic acids is 1. The number of aromatic nitrogens is 2. The van der Waals surface area contributed by atoms with Gasteiger partial charge in [-0.1, -0.05) is 12.1 Å². The third-order valence-corrected chi connectivity index (χ3v) is 4.19. The molecule has 1 aliphatic rings. The zero-order valence-corrected chi connectivity index (χ0v) is 13.8. The van der Waals surface area contributed by atoms with Crippen LogP contribution in [-0.4, -0.2) is 22.3 Å². The van der Waals surface area contributed by atoms with Gasteiger partial charge in [0.15, 0.2) is 11.5 Å². The molecule has 6 nitrogen and oxygen atoms in total. The molecule has 1 amide bonds. The number of amides is 1. The number of hydrogen-bond donors (Lipinski definition) is 1. The lowest BCUT2D eigenvalue weighted by Gasteiger charge is -2.16. The third-order valence-electron chi connectivity index (χ3n) is 4.19. The third kappa shape index (κ3) is 2.73. The Morgan fingerprint density at radius 3 is 2.77 bits per heavy atom. The Bertz CT molecular complexity index is 987. The lowest BCUT2D eigenvalue weighted by molar-refractivity contribution is 0.0688. The van der Waals surface area contributed by atoms with E-state index in [-0.39, 0.29) is 12.6 Å². The monoisotopic (exact) mass is 359 g/mol. The highest BCUT2D eigenvalue weighted by atomic mass is 19.3. The summed E-state index contributed by atoms with van der Waals surface area (Å²) in [7, 11) is 0. The van der Waals surface area contributed by atoms with Gasteiger partial charge in [0.1, 0.15) is 5.82 Å². The molecule has 26 heavy (non-hydrogen) atoms. The highest BCUT2D eigenvalue weighted by Crippen LogP contribution is 2.33. The van der Waals surface area contributed by atoms with Crippen LogP contribution in [0.15, 0.2) is 42.5 Å². The lowest BCUT2D eigenvalue weighted by atomic mass is 10.1. The van der Waals surface area contributed by atoms with Gasteiger partial charge in [-0.2, -0.15) is 8.78 Å². The van der Waals surface area contributed by atoms with E-state index < -0.39 is 18.5 Å². The molecule has 0 radical (unpaired) electrons. The summed E-state index contributed by atoms with van der Waals surface area (Å²) >= 11 is 0. The summed E-state index contributed by atoms with van der Waals surface area (Å²) in [6.07, 6.45) is 0. The maximum Gasteiger partial charge on any atom is 0.320 e. The van der Waals surface area contributed by atoms with E-state index in [9.17, 15) is 13.6 Å². The smallest absolute Gasteiger partial charge is 0.320 e. The number of benzene rings is 2. The number of fused-ring (bicyclic) bond motifs is 2. The van der Waals surface area contributed by atoms with Crippen LogP contribution in [0.3, 0.4) is 0 Å². The van der Waals surface area contributed by atoms with Crippen molar-refractivity contribution in [3.63, 3.8) is 0 Å². The van der Waals surface area contributed by atoms with Crippen molar-refractivity contribution in [2.45, 2.75) is 19.5 Å². The number of rotatable bonds is 4. The second-order valence-electron chi connectivity index (χ2n) is 5.87. The fourth-order valence-electron chi connectivity index (χ4n) is 2.96. The molecule has 0 bridgehead atoms. The lowest BCUT2D eigenvalue weighted by Crippen LogP contribution is -2.28. The summed E-state index contributed by atoms with van der Waals surface area (Å²) in [5, 5.41) is 2.71. The first-order chi connectivity index (χ1) is 12.5. The number of para-hydroxylation sites is 2. The number of alkyl halides is 2. The van der Waals surface area contributed by atoms with E-state index in [1.54, 1.807) is 49.4 Å². The van der Waals surface area contributed by atoms with Crippen LogP contribution < -0.4 is 14.8 Å². The van der Waals surface area contributed by atoms with Crippen LogP contribution in [0.4, 0.5) is 8.78 Å². The molecule has 0 saturated carbocycles. The van der Waals surface area contributed by atoms with Crippen LogP contribution in [0.2, 0.25) is 0 Å². The van der Waals surface area contributed by atoms with Gasteiger partial charge in [-0.25, -0.2) is 4.98 Å². The highest BCUT2D eigenvalue weighted by Gasteiger charge is 2.24. The predicted molar refractivity (Wildman–Crippen MR) is 89.4 cm³/mol. The second-order valence-corrected chi connectivity index (χ2v) is 5.87. The van der Waals surface area contributed by atoms with E-state index in [0.717, 1.165) is 4.57 Å². The molecule has 0 fully saturated rings. The molecule has 8 heteroatoms. The van der Waals surface area contributed by atoms with Gasteiger partial charge in [-0.15, -0.1) is 0 Å². The summed E-state index contributed by atoms with van der Waals surface area (Å²) in [4.78, 5) is 16.8. The number of imidazole rings is 1. The fourth-order valence-corrected chi connectivity index (χ4v) is 2.96. The Kier molecular flexibility index (Phi) is 3.95. The van der Waals surface area contributed by atoms with Crippen molar-refractivity contribution in [3.05, 3.63) is 53.9 Å². The molecule has 0 spiro atoms. The van der Waals surface area contributed by atoms with Gasteiger partial charge in [0.25, 0.3) is 5.91 Å². The van der Waals surface area contributed by atoms with E-state index in [4.69, 9.17) is 9.47 Å². The molecular formula is C18H15F2N3O3. The average Bonchev–Trinajstić information content (AvgIpc) is 3.25. The molecule has 0 saturated heterocycles. The van der Waals surface area contributed by atoms with Crippen molar-refractivity contribution in [3.8, 4) is 11.5 Å². The van der Waals surface area contributed by atoms with Crippen molar-refractivity contribution >= 4 is 16.9 Å². The summed E-state index contributed by atoms with van der Waals surface area (Å²) in [5.74, 6) is 0.721. The predicted octanol–water partition coefficient (Wildman–Crippen LogP) is 3.65. The minimum atomic E-state index is -2.76. The van der Waals surface area contributed by atoms with Crippen LogP contribution in [-0.2, 0) is 0 Å². The van der Waals surface area contributed by atoms with Gasteiger partial charge < -0.3 is 14.8 Å². The molecule has 2 aromatic carbocycles. The summed E-state index contributed by atoms with van der Waals surface area (Å²) in [6, 6.07) is 10.7. The Hall–Kier alpha value is -3.16. The Labute approximate surface area is 147 Å². The van der Waals surface area contributed by atoms with Crippen molar-refractivity contribution in [1.29, 1.82) is 0 Å². The summed E-state index contributed by atoms with van der Waals surface area (Å²) in [6.45, 7) is -1.04. The molecule has 1 aliphatic heterocycles. The zero-order chi connectivity index (χ0) is 18.3. The SMILES string of the molecule is C[C@@H](NC(=O)c1ccc2c(c1)OCO2)c1nc2ccccc2n1C(F)F. The number of ether oxygens (including phenoxy) is 2. The van der Waals surface area contributed by atoms with Crippen molar-refractivity contribution in [1.82, 2.24) is 14.9 Å². The minimum absolute atomic E-state index is 0.0929. The molecule has 3 aromatic rings. The first-order valence-corrected chi connectivity index (χ1v) is 8.00. The van der Waals surface area contributed by atoms with Crippen molar-refractivity contribution < 1.29 is 23.0 Å². The minimum Gasteiger partial charge on any atom is -0.454 e. The topological polar surface area (TPSA) is 65.4 Å². The van der Waals surface area contributed by atoms with Crippen molar-refractivity contribution in [2.24, 2.45) is 0 Å². The molecule has 1 N–H and O–H groups in total. The van der Waals surface area contributed by atoms with Gasteiger partial charge >= 0.3 is 6.55 Å². The van der Waals surface area contributed by atoms with E-state index in [2.05, 4.69) is 10.3 Å². The van der Waals surface area contributed by atoms with Gasteiger partial charge in [-0.05, 0) is 37.3 Å². The van der Waals surface area contributed by atoms with E-state index in [1.807, 2.05) is 0 Å². The first-order valence-electron chi connectivity index (χ1n) is 8.00. The Balaban J connectivity index is 1.62. The Morgan fingerprint density at radius 2 is 1.96 bits per heavy atom. The van der Waals surface area contributed by atoms with E-state index in [1.165, 1.54) is 0 Å². The van der Waals surface area contributed by atoms with Crippen LogP contribution in [0.25, 0.3) is 11.0 Å².